The van der Waals surface area contributed by atoms with Crippen LogP contribution in [0, 0.1) is 0 Å². The van der Waals surface area contributed by atoms with Crippen molar-refractivity contribution in [3.8, 4) is 0 Å². The molecule has 1 unspecified atom stereocenters. The predicted octanol–water partition coefficient (Wildman–Crippen LogP) is 1.55. The lowest BCUT2D eigenvalue weighted by Gasteiger charge is -2.29. The highest BCUT2D eigenvalue weighted by Gasteiger charge is 2.21. The summed E-state index contributed by atoms with van der Waals surface area (Å²) in [6.45, 7) is 4.35. The fourth-order valence-corrected chi connectivity index (χ4v) is 2.30. The van der Waals surface area contributed by atoms with Crippen molar-refractivity contribution in [2.75, 3.05) is 26.4 Å². The Kier molecular flexibility index (Phi) is 4.22. The van der Waals surface area contributed by atoms with Crippen LogP contribution >= 0.6 is 0 Å². The Bertz CT molecular complexity index is 129. The lowest BCUT2D eigenvalue weighted by Crippen LogP contribution is -2.41. The molecule has 3 nitrogen and oxygen atoms in total. The third-order valence-electron chi connectivity index (χ3n) is 3.18. The van der Waals surface area contributed by atoms with Gasteiger partial charge in [-0.15, -0.1) is 0 Å². The van der Waals surface area contributed by atoms with Crippen molar-refractivity contribution < 1.29 is 4.74 Å². The van der Waals surface area contributed by atoms with E-state index in [1.165, 1.54) is 51.6 Å². The Labute approximate surface area is 86.8 Å². The maximum atomic E-state index is 5.88. The van der Waals surface area contributed by atoms with Crippen LogP contribution in [0.4, 0.5) is 0 Å². The first-order valence-electron chi connectivity index (χ1n) is 6.03. The quantitative estimate of drug-likeness (QED) is 0.692. The average Bonchev–Trinajstić information content (AvgIpc) is 2.62. The molecule has 82 valence electrons. The van der Waals surface area contributed by atoms with Crippen molar-refractivity contribution in [3.63, 3.8) is 0 Å². The maximum Gasteiger partial charge on any atom is 0.111 e. The van der Waals surface area contributed by atoms with Gasteiger partial charge in [0, 0.05) is 13.2 Å². The fraction of sp³-hybridized carbons (Fsp3) is 1.00. The van der Waals surface area contributed by atoms with E-state index in [1.54, 1.807) is 0 Å². The predicted molar refractivity (Wildman–Crippen MR) is 57.0 cm³/mol. The van der Waals surface area contributed by atoms with Gasteiger partial charge in [0.2, 0.25) is 0 Å². The van der Waals surface area contributed by atoms with Crippen LogP contribution in [0.15, 0.2) is 0 Å². The molecule has 0 aromatic heterocycles. The van der Waals surface area contributed by atoms with Gasteiger partial charge in [-0.2, -0.15) is 0 Å². The molecule has 2 aliphatic rings. The van der Waals surface area contributed by atoms with Crippen LogP contribution in [0.1, 0.15) is 38.5 Å². The molecule has 0 amide bonds. The molecular formula is C11H22N2O. The van der Waals surface area contributed by atoms with E-state index < -0.39 is 0 Å². The highest BCUT2D eigenvalue weighted by Crippen LogP contribution is 2.17. The zero-order chi connectivity index (χ0) is 9.64. The molecule has 2 rings (SSSR count). The zero-order valence-corrected chi connectivity index (χ0v) is 9.00. The van der Waals surface area contributed by atoms with Crippen molar-refractivity contribution in [3.05, 3.63) is 0 Å². The summed E-state index contributed by atoms with van der Waals surface area (Å²) in [6, 6.07) is 0. The lowest BCUT2D eigenvalue weighted by atomic mass is 10.2. The zero-order valence-electron chi connectivity index (χ0n) is 9.00. The van der Waals surface area contributed by atoms with Crippen LogP contribution in [0.3, 0.4) is 0 Å². The van der Waals surface area contributed by atoms with E-state index in [1.807, 2.05) is 0 Å². The molecule has 2 fully saturated rings. The number of hydrogen-bond acceptors (Lipinski definition) is 3. The molecule has 0 aromatic carbocycles. The molecule has 0 radical (unpaired) electrons. The Balaban J connectivity index is 1.83. The van der Waals surface area contributed by atoms with Crippen molar-refractivity contribution in [2.24, 2.45) is 0 Å². The summed E-state index contributed by atoms with van der Waals surface area (Å²) in [4.78, 5) is 2.47. The van der Waals surface area contributed by atoms with Gasteiger partial charge in [0.05, 0.1) is 6.67 Å². The van der Waals surface area contributed by atoms with E-state index >= 15 is 0 Å². The summed E-state index contributed by atoms with van der Waals surface area (Å²) in [5.41, 5.74) is 0. The summed E-state index contributed by atoms with van der Waals surface area (Å²) in [7, 11) is 0. The topological polar surface area (TPSA) is 24.5 Å². The monoisotopic (exact) mass is 198 g/mol. The van der Waals surface area contributed by atoms with Gasteiger partial charge < -0.3 is 10.1 Å². The van der Waals surface area contributed by atoms with E-state index in [4.69, 9.17) is 4.74 Å². The second-order valence-corrected chi connectivity index (χ2v) is 4.35. The fourth-order valence-electron chi connectivity index (χ4n) is 2.30. The second kappa shape index (κ2) is 5.69. The van der Waals surface area contributed by atoms with Crippen molar-refractivity contribution >= 4 is 0 Å². The smallest absolute Gasteiger partial charge is 0.111 e. The SMILES string of the molecule is C1CCOC(N2CCCCNC2)CC1. The summed E-state index contributed by atoms with van der Waals surface area (Å²) in [5.74, 6) is 0. The largest absolute Gasteiger partial charge is 0.363 e. The highest BCUT2D eigenvalue weighted by atomic mass is 16.5. The van der Waals surface area contributed by atoms with E-state index in [-0.39, 0.29) is 0 Å². The molecule has 2 heterocycles. The van der Waals surface area contributed by atoms with Gasteiger partial charge in [-0.1, -0.05) is 6.42 Å². The summed E-state index contributed by atoms with van der Waals surface area (Å²) in [5, 5.41) is 3.46. The third-order valence-corrected chi connectivity index (χ3v) is 3.18. The molecule has 1 N–H and O–H groups in total. The maximum absolute atomic E-state index is 5.88. The number of nitrogens with zero attached hydrogens (tertiary/aromatic N) is 1. The summed E-state index contributed by atoms with van der Waals surface area (Å²) >= 11 is 0. The Morgan fingerprint density at radius 3 is 3.07 bits per heavy atom. The molecule has 3 heteroatoms. The molecule has 0 aliphatic carbocycles. The Morgan fingerprint density at radius 1 is 1.07 bits per heavy atom. The molecule has 2 saturated heterocycles. The summed E-state index contributed by atoms with van der Waals surface area (Å²) in [6.07, 6.45) is 8.16. The molecule has 14 heavy (non-hydrogen) atoms. The first-order chi connectivity index (χ1) is 6.97. The van der Waals surface area contributed by atoms with E-state index in [0.29, 0.717) is 6.23 Å². The first kappa shape index (κ1) is 10.4. The van der Waals surface area contributed by atoms with Crippen LogP contribution in [0.2, 0.25) is 0 Å². The Hall–Kier alpha value is -0.120. The molecular weight excluding hydrogens is 176 g/mol. The minimum atomic E-state index is 0.392. The van der Waals surface area contributed by atoms with Crippen LogP contribution < -0.4 is 5.32 Å². The normalized spacial score (nSPS) is 32.1. The number of hydrogen-bond donors (Lipinski definition) is 1. The van der Waals surface area contributed by atoms with Gasteiger partial charge in [-0.25, -0.2) is 0 Å². The van der Waals surface area contributed by atoms with Gasteiger partial charge in [-0.3, -0.25) is 4.90 Å². The molecule has 0 saturated carbocycles. The molecule has 0 spiro atoms. The molecule has 0 bridgehead atoms. The number of nitrogens with one attached hydrogen (secondary N) is 1. The standard InChI is InChI=1S/C11H22N2O/c1-2-6-11(14-9-5-1)13-8-4-3-7-12-10-13/h11-12H,1-10H2. The van der Waals surface area contributed by atoms with E-state index in [0.717, 1.165) is 13.3 Å². The molecule has 1 atom stereocenters. The minimum Gasteiger partial charge on any atom is -0.363 e. The average molecular weight is 198 g/mol. The van der Waals surface area contributed by atoms with Crippen LogP contribution in [0.25, 0.3) is 0 Å². The summed E-state index contributed by atoms with van der Waals surface area (Å²) < 4.78 is 5.88. The van der Waals surface area contributed by atoms with Gasteiger partial charge in [0.1, 0.15) is 6.23 Å². The van der Waals surface area contributed by atoms with Crippen molar-refractivity contribution in [1.82, 2.24) is 10.2 Å². The minimum absolute atomic E-state index is 0.392. The van der Waals surface area contributed by atoms with Crippen LogP contribution in [-0.2, 0) is 4.74 Å². The number of rotatable bonds is 1. The van der Waals surface area contributed by atoms with Crippen molar-refractivity contribution in [1.29, 1.82) is 0 Å². The second-order valence-electron chi connectivity index (χ2n) is 4.35. The molecule has 0 aromatic rings. The van der Waals surface area contributed by atoms with Gasteiger partial charge >= 0.3 is 0 Å². The number of ether oxygens (including phenoxy) is 1. The third kappa shape index (κ3) is 2.94. The van der Waals surface area contributed by atoms with E-state index in [9.17, 15) is 0 Å². The van der Waals surface area contributed by atoms with Crippen LogP contribution in [0.5, 0.6) is 0 Å². The molecule has 2 aliphatic heterocycles. The van der Waals surface area contributed by atoms with Crippen molar-refractivity contribution in [2.45, 2.75) is 44.8 Å². The Morgan fingerprint density at radius 2 is 2.07 bits per heavy atom. The highest BCUT2D eigenvalue weighted by molar-refractivity contribution is 4.68. The first-order valence-corrected chi connectivity index (χ1v) is 6.03. The van der Waals surface area contributed by atoms with Gasteiger partial charge in [0.25, 0.3) is 0 Å². The van der Waals surface area contributed by atoms with Gasteiger partial charge in [0.15, 0.2) is 0 Å². The van der Waals surface area contributed by atoms with Gasteiger partial charge in [-0.05, 0) is 38.6 Å². The lowest BCUT2D eigenvalue weighted by molar-refractivity contribution is -0.0576. The van der Waals surface area contributed by atoms with E-state index in [2.05, 4.69) is 10.2 Å². The van der Waals surface area contributed by atoms with Crippen LogP contribution in [-0.4, -0.2) is 37.5 Å².